The third-order valence-corrected chi connectivity index (χ3v) is 4.12. The smallest absolute Gasteiger partial charge is 0.349 e. The highest BCUT2D eigenvalue weighted by atomic mass is 19.1. The second kappa shape index (κ2) is 5.98. The predicted octanol–water partition coefficient (Wildman–Crippen LogP) is 2.00. The van der Waals surface area contributed by atoms with Crippen LogP contribution in [0.3, 0.4) is 0 Å². The number of hydrogen-bond acceptors (Lipinski definition) is 4. The topological polar surface area (TPSA) is 77.0 Å². The molecule has 7 heteroatoms. The van der Waals surface area contributed by atoms with Gasteiger partial charge in [0, 0.05) is 6.07 Å². The third-order valence-electron chi connectivity index (χ3n) is 4.12. The van der Waals surface area contributed by atoms with Crippen LogP contribution in [0.25, 0.3) is 5.69 Å². The summed E-state index contributed by atoms with van der Waals surface area (Å²) in [5.74, 6) is -0.159. The van der Waals surface area contributed by atoms with E-state index >= 15 is 0 Å². The fourth-order valence-electron chi connectivity index (χ4n) is 2.83. The Balaban J connectivity index is 2.11. The first-order chi connectivity index (χ1) is 11.0. The number of halogens is 1. The SMILES string of the molecule is Cc1cc(F)c(-n2c(=O)[nH]nc(C)c2=O)cc1OC1CCCC1. The summed E-state index contributed by atoms with van der Waals surface area (Å²) >= 11 is 0. The Kier molecular flexibility index (Phi) is 4.02. The highest BCUT2D eigenvalue weighted by molar-refractivity contribution is 5.45. The summed E-state index contributed by atoms with van der Waals surface area (Å²) in [4.78, 5) is 24.1. The van der Waals surface area contributed by atoms with E-state index in [1.165, 1.54) is 19.1 Å². The fraction of sp³-hybridized carbons (Fsp3) is 0.438. The van der Waals surface area contributed by atoms with E-state index in [9.17, 15) is 14.0 Å². The van der Waals surface area contributed by atoms with Crippen molar-refractivity contribution in [3.05, 3.63) is 50.0 Å². The number of hydrogen-bond donors (Lipinski definition) is 1. The number of H-pyrrole nitrogens is 1. The second-order valence-corrected chi connectivity index (χ2v) is 5.85. The van der Waals surface area contributed by atoms with Gasteiger partial charge in [-0.05, 0) is 51.2 Å². The number of ether oxygens (including phenoxy) is 1. The van der Waals surface area contributed by atoms with Gasteiger partial charge in [-0.3, -0.25) is 4.79 Å². The molecule has 0 spiro atoms. The number of aryl methyl sites for hydroxylation is 2. The molecule has 23 heavy (non-hydrogen) atoms. The molecule has 6 nitrogen and oxygen atoms in total. The van der Waals surface area contributed by atoms with Crippen molar-refractivity contribution >= 4 is 0 Å². The maximum Gasteiger partial charge on any atom is 0.349 e. The van der Waals surface area contributed by atoms with Crippen molar-refractivity contribution in [2.75, 3.05) is 0 Å². The van der Waals surface area contributed by atoms with E-state index in [0.717, 1.165) is 30.3 Å². The van der Waals surface area contributed by atoms with Crippen molar-refractivity contribution in [1.82, 2.24) is 14.8 Å². The lowest BCUT2D eigenvalue weighted by Crippen LogP contribution is -2.36. The van der Waals surface area contributed by atoms with Crippen molar-refractivity contribution in [2.24, 2.45) is 0 Å². The summed E-state index contributed by atoms with van der Waals surface area (Å²) in [6.45, 7) is 3.19. The van der Waals surface area contributed by atoms with Crippen molar-refractivity contribution < 1.29 is 9.13 Å². The highest BCUT2D eigenvalue weighted by Crippen LogP contribution is 2.29. The van der Waals surface area contributed by atoms with Crippen LogP contribution in [-0.2, 0) is 0 Å². The van der Waals surface area contributed by atoms with Crippen LogP contribution < -0.4 is 16.0 Å². The number of nitrogens with one attached hydrogen (secondary N) is 1. The van der Waals surface area contributed by atoms with Gasteiger partial charge in [-0.15, -0.1) is 0 Å². The molecule has 1 fully saturated rings. The van der Waals surface area contributed by atoms with E-state index in [-0.39, 0.29) is 17.5 Å². The standard InChI is InChI=1S/C16H18FN3O3/c1-9-7-12(17)13(8-14(9)23-11-5-3-4-6-11)20-15(21)10(2)18-19-16(20)22/h7-8,11H,3-6H2,1-2H3,(H,19,22). The minimum Gasteiger partial charge on any atom is -0.490 e. The Labute approximate surface area is 131 Å². The number of aromatic amines is 1. The van der Waals surface area contributed by atoms with Crippen molar-refractivity contribution in [1.29, 1.82) is 0 Å². The van der Waals surface area contributed by atoms with Gasteiger partial charge in [-0.25, -0.2) is 18.9 Å². The molecule has 2 aromatic rings. The van der Waals surface area contributed by atoms with Gasteiger partial charge in [0.1, 0.15) is 17.3 Å². The number of aromatic nitrogens is 3. The van der Waals surface area contributed by atoms with Crippen LogP contribution in [0.5, 0.6) is 5.75 Å². The van der Waals surface area contributed by atoms with E-state index in [1.807, 2.05) is 0 Å². The summed E-state index contributed by atoms with van der Waals surface area (Å²) < 4.78 is 21.0. The molecular formula is C16H18FN3O3. The van der Waals surface area contributed by atoms with E-state index < -0.39 is 17.1 Å². The van der Waals surface area contributed by atoms with Crippen LogP contribution in [-0.4, -0.2) is 20.9 Å². The Morgan fingerprint density at radius 1 is 1.26 bits per heavy atom. The molecule has 1 aromatic carbocycles. The first kappa shape index (κ1) is 15.5. The Hall–Kier alpha value is -2.44. The second-order valence-electron chi connectivity index (χ2n) is 5.85. The van der Waals surface area contributed by atoms with E-state index in [0.29, 0.717) is 11.3 Å². The molecule has 0 unspecified atom stereocenters. The van der Waals surface area contributed by atoms with Crippen LogP contribution in [0.15, 0.2) is 21.7 Å². The molecule has 3 rings (SSSR count). The van der Waals surface area contributed by atoms with Crippen molar-refractivity contribution in [3.8, 4) is 11.4 Å². The lowest BCUT2D eigenvalue weighted by atomic mass is 10.2. The highest BCUT2D eigenvalue weighted by Gasteiger charge is 2.20. The average molecular weight is 319 g/mol. The molecule has 122 valence electrons. The first-order valence-electron chi connectivity index (χ1n) is 7.63. The first-order valence-corrected chi connectivity index (χ1v) is 7.63. The normalized spacial score (nSPS) is 15.1. The summed E-state index contributed by atoms with van der Waals surface area (Å²) in [5.41, 5.74) is -0.838. The largest absolute Gasteiger partial charge is 0.490 e. The summed E-state index contributed by atoms with van der Waals surface area (Å²) in [6, 6.07) is 2.69. The Bertz CT molecular complexity index is 851. The quantitative estimate of drug-likeness (QED) is 0.938. The molecule has 0 aliphatic heterocycles. The molecule has 1 aliphatic rings. The van der Waals surface area contributed by atoms with Gasteiger partial charge < -0.3 is 4.74 Å². The molecule has 0 saturated heterocycles. The molecule has 0 amide bonds. The molecule has 0 atom stereocenters. The van der Waals surface area contributed by atoms with E-state index in [4.69, 9.17) is 4.74 Å². The summed E-state index contributed by atoms with van der Waals surface area (Å²) in [7, 11) is 0. The van der Waals surface area contributed by atoms with Crippen LogP contribution in [0.2, 0.25) is 0 Å². The zero-order chi connectivity index (χ0) is 16.6. The third kappa shape index (κ3) is 2.91. The molecule has 1 N–H and O–H groups in total. The van der Waals surface area contributed by atoms with Gasteiger partial charge in [0.2, 0.25) is 0 Å². The van der Waals surface area contributed by atoms with Crippen LogP contribution in [0.4, 0.5) is 4.39 Å². The zero-order valence-corrected chi connectivity index (χ0v) is 13.1. The van der Waals surface area contributed by atoms with E-state index in [1.54, 1.807) is 6.92 Å². The Morgan fingerprint density at radius 3 is 2.65 bits per heavy atom. The van der Waals surface area contributed by atoms with Crippen LogP contribution >= 0.6 is 0 Å². The van der Waals surface area contributed by atoms with Crippen molar-refractivity contribution in [2.45, 2.75) is 45.6 Å². The van der Waals surface area contributed by atoms with Gasteiger partial charge in [0.15, 0.2) is 0 Å². The minimum atomic E-state index is -0.782. The summed E-state index contributed by atoms with van der Waals surface area (Å²) in [6.07, 6.45) is 4.24. The zero-order valence-electron chi connectivity index (χ0n) is 13.1. The fourth-order valence-corrected chi connectivity index (χ4v) is 2.83. The lowest BCUT2D eigenvalue weighted by Gasteiger charge is -2.17. The van der Waals surface area contributed by atoms with Gasteiger partial charge in [0.05, 0.1) is 11.8 Å². The minimum absolute atomic E-state index is 0.0860. The van der Waals surface area contributed by atoms with Crippen LogP contribution in [0, 0.1) is 19.7 Å². The molecule has 1 aromatic heterocycles. The average Bonchev–Trinajstić information content (AvgIpc) is 3.01. The maximum absolute atomic E-state index is 14.3. The Morgan fingerprint density at radius 2 is 1.96 bits per heavy atom. The van der Waals surface area contributed by atoms with Gasteiger partial charge in [0.25, 0.3) is 5.56 Å². The number of benzene rings is 1. The summed E-state index contributed by atoms with van der Waals surface area (Å²) in [5, 5.41) is 5.78. The molecule has 0 bridgehead atoms. The molecule has 1 aliphatic carbocycles. The maximum atomic E-state index is 14.3. The van der Waals surface area contributed by atoms with Crippen molar-refractivity contribution in [3.63, 3.8) is 0 Å². The predicted molar refractivity (Wildman–Crippen MR) is 82.8 cm³/mol. The van der Waals surface area contributed by atoms with Gasteiger partial charge in [-0.1, -0.05) is 0 Å². The number of rotatable bonds is 3. The molecule has 1 heterocycles. The molecule has 0 radical (unpaired) electrons. The van der Waals surface area contributed by atoms with E-state index in [2.05, 4.69) is 10.2 Å². The van der Waals surface area contributed by atoms with Gasteiger partial charge >= 0.3 is 5.69 Å². The number of nitrogens with zero attached hydrogens (tertiary/aromatic N) is 2. The molecule has 1 saturated carbocycles. The van der Waals surface area contributed by atoms with Gasteiger partial charge in [-0.2, -0.15) is 5.10 Å². The molecular weight excluding hydrogens is 301 g/mol. The lowest BCUT2D eigenvalue weighted by molar-refractivity contribution is 0.208. The monoisotopic (exact) mass is 319 g/mol. The van der Waals surface area contributed by atoms with Crippen LogP contribution in [0.1, 0.15) is 36.9 Å².